The van der Waals surface area contributed by atoms with E-state index < -0.39 is 7.37 Å². The lowest BCUT2D eigenvalue weighted by Crippen LogP contribution is -2.11. The van der Waals surface area contributed by atoms with E-state index in [1.165, 1.54) is 20.0 Å². The van der Waals surface area contributed by atoms with Gasteiger partial charge in [-0.2, -0.15) is 0 Å². The molecule has 4 nitrogen and oxygen atoms in total. The normalized spacial score (nSPS) is 13.3. The Balaban J connectivity index is 2.82. The zero-order valence-corrected chi connectivity index (χ0v) is 12.9. The zero-order valence-electron chi connectivity index (χ0n) is 12.0. The Morgan fingerprint density at radius 1 is 1.25 bits per heavy atom. The topological polar surface area (TPSA) is 52.6 Å². The third-order valence-electron chi connectivity index (χ3n) is 2.95. The molecule has 0 bridgehead atoms. The van der Waals surface area contributed by atoms with Crippen molar-refractivity contribution in [1.82, 2.24) is 0 Å². The predicted molar refractivity (Wildman–Crippen MR) is 80.6 cm³/mol. The highest BCUT2D eigenvalue weighted by Crippen LogP contribution is 2.48. The molecule has 20 heavy (non-hydrogen) atoms. The van der Waals surface area contributed by atoms with E-state index >= 15 is 0 Å². The number of para-hydroxylation sites is 1. The standard InChI is InChI=1S/C15H21O4P/c1-3-4-5-8-12-19-14-9-6-7-10-15(14)20(17,18-2)13-11-16/h6-7,9-10,13H,3-5,8,12H2,1-2H3. The SMILES string of the molecule is CCCCCCOc1ccccc1P(=O)(C=C=O)OC. The number of hydrogen-bond acceptors (Lipinski definition) is 4. The van der Waals surface area contributed by atoms with Crippen molar-refractivity contribution in [3.8, 4) is 5.75 Å². The van der Waals surface area contributed by atoms with E-state index in [4.69, 9.17) is 9.26 Å². The summed E-state index contributed by atoms with van der Waals surface area (Å²) in [7, 11) is -2.01. The van der Waals surface area contributed by atoms with Crippen molar-refractivity contribution in [2.45, 2.75) is 32.6 Å². The first kappa shape index (κ1) is 16.7. The molecule has 0 saturated carbocycles. The van der Waals surface area contributed by atoms with Crippen LogP contribution in [-0.4, -0.2) is 19.7 Å². The molecule has 0 amide bonds. The van der Waals surface area contributed by atoms with Gasteiger partial charge in [0, 0.05) is 7.11 Å². The molecular weight excluding hydrogens is 275 g/mol. The molecule has 0 aromatic heterocycles. The molecule has 1 rings (SSSR count). The van der Waals surface area contributed by atoms with Gasteiger partial charge in [-0.15, -0.1) is 0 Å². The zero-order chi connectivity index (χ0) is 14.8. The van der Waals surface area contributed by atoms with E-state index in [9.17, 15) is 9.36 Å². The van der Waals surface area contributed by atoms with Crippen LogP contribution in [0.2, 0.25) is 0 Å². The molecule has 1 aromatic carbocycles. The van der Waals surface area contributed by atoms with Gasteiger partial charge in [-0.3, -0.25) is 4.57 Å². The summed E-state index contributed by atoms with van der Waals surface area (Å²) < 4.78 is 23.2. The van der Waals surface area contributed by atoms with Crippen LogP contribution in [0.25, 0.3) is 0 Å². The molecule has 0 heterocycles. The van der Waals surface area contributed by atoms with Crippen molar-refractivity contribution in [3.05, 3.63) is 30.1 Å². The first-order valence-electron chi connectivity index (χ1n) is 6.78. The maximum atomic E-state index is 12.5. The van der Waals surface area contributed by atoms with Crippen LogP contribution in [0.3, 0.4) is 0 Å². The fraction of sp³-hybridized carbons (Fsp3) is 0.467. The fourth-order valence-electron chi connectivity index (χ4n) is 1.84. The molecule has 0 aliphatic heterocycles. The van der Waals surface area contributed by atoms with Gasteiger partial charge >= 0.3 is 0 Å². The Morgan fingerprint density at radius 3 is 2.65 bits per heavy atom. The summed E-state index contributed by atoms with van der Waals surface area (Å²) in [6.07, 6.45) is 4.40. The molecule has 0 aliphatic rings. The van der Waals surface area contributed by atoms with Crippen LogP contribution >= 0.6 is 7.37 Å². The first-order chi connectivity index (χ1) is 9.68. The van der Waals surface area contributed by atoms with E-state index in [-0.39, 0.29) is 0 Å². The van der Waals surface area contributed by atoms with E-state index in [1.54, 1.807) is 30.2 Å². The van der Waals surface area contributed by atoms with Crippen molar-refractivity contribution in [2.24, 2.45) is 0 Å². The number of benzene rings is 1. The highest BCUT2D eigenvalue weighted by Gasteiger charge is 2.25. The van der Waals surface area contributed by atoms with Crippen LogP contribution < -0.4 is 10.0 Å². The summed E-state index contributed by atoms with van der Waals surface area (Å²) in [5, 5.41) is 0.404. The van der Waals surface area contributed by atoms with Crippen molar-refractivity contribution < 1.29 is 18.6 Å². The predicted octanol–water partition coefficient (Wildman–Crippen LogP) is 3.54. The second-order valence-electron chi connectivity index (χ2n) is 4.40. The second-order valence-corrected chi connectivity index (χ2v) is 6.70. The van der Waals surface area contributed by atoms with Crippen LogP contribution in [0, 0.1) is 0 Å². The molecule has 0 fully saturated rings. The van der Waals surface area contributed by atoms with Crippen molar-refractivity contribution in [3.63, 3.8) is 0 Å². The number of carbonyl (C=O) groups excluding carboxylic acids is 1. The minimum Gasteiger partial charge on any atom is -0.493 e. The highest BCUT2D eigenvalue weighted by atomic mass is 31.2. The van der Waals surface area contributed by atoms with Crippen molar-refractivity contribution in [2.75, 3.05) is 13.7 Å². The number of unbranched alkanes of at least 4 members (excludes halogenated alkanes) is 3. The summed E-state index contributed by atoms with van der Waals surface area (Å²) >= 11 is 0. The molecule has 5 heteroatoms. The molecule has 0 saturated heterocycles. The molecule has 0 spiro atoms. The Morgan fingerprint density at radius 2 is 2.00 bits per heavy atom. The second kappa shape index (κ2) is 8.76. The summed E-state index contributed by atoms with van der Waals surface area (Å²) in [6.45, 7) is 2.71. The summed E-state index contributed by atoms with van der Waals surface area (Å²) in [5.41, 5.74) is 0. The van der Waals surface area contributed by atoms with Gasteiger partial charge in [-0.05, 0) is 18.6 Å². The lowest BCUT2D eigenvalue weighted by molar-refractivity contribution is 0.306. The van der Waals surface area contributed by atoms with Gasteiger partial charge < -0.3 is 9.26 Å². The minimum absolute atomic E-state index is 0.404. The largest absolute Gasteiger partial charge is 0.493 e. The summed E-state index contributed by atoms with van der Waals surface area (Å²) in [4.78, 5) is 10.5. The smallest absolute Gasteiger partial charge is 0.268 e. The lowest BCUT2D eigenvalue weighted by atomic mass is 10.2. The monoisotopic (exact) mass is 296 g/mol. The van der Waals surface area contributed by atoms with Gasteiger partial charge in [0.2, 0.25) is 0 Å². The van der Waals surface area contributed by atoms with Gasteiger partial charge in [-0.25, -0.2) is 4.79 Å². The molecule has 1 unspecified atom stereocenters. The summed E-state index contributed by atoms with van der Waals surface area (Å²) in [6, 6.07) is 6.93. The van der Waals surface area contributed by atoms with Gasteiger partial charge in [0.1, 0.15) is 11.7 Å². The average molecular weight is 296 g/mol. The number of hydrogen-bond donors (Lipinski definition) is 0. The first-order valence-corrected chi connectivity index (χ1v) is 8.47. The molecule has 110 valence electrons. The molecular formula is C15H21O4P. The minimum atomic E-state index is -3.33. The van der Waals surface area contributed by atoms with E-state index in [1.807, 2.05) is 0 Å². The molecule has 1 atom stereocenters. The molecule has 0 N–H and O–H groups in total. The summed E-state index contributed by atoms with van der Waals surface area (Å²) in [5.74, 6) is 2.99. The Labute approximate surface area is 120 Å². The lowest BCUT2D eigenvalue weighted by Gasteiger charge is -2.15. The quantitative estimate of drug-likeness (QED) is 0.397. The third kappa shape index (κ3) is 4.64. The number of ether oxygens (including phenoxy) is 1. The number of rotatable bonds is 9. The Kier molecular flexibility index (Phi) is 7.32. The third-order valence-corrected chi connectivity index (χ3v) is 4.98. The Hall–Kier alpha value is -1.34. The van der Waals surface area contributed by atoms with Gasteiger partial charge in [0.25, 0.3) is 7.37 Å². The Bertz CT molecular complexity index is 506. The maximum Gasteiger partial charge on any atom is 0.268 e. The average Bonchev–Trinajstić information content (AvgIpc) is 2.47. The van der Waals surface area contributed by atoms with Crippen LogP contribution in [0.5, 0.6) is 5.75 Å². The van der Waals surface area contributed by atoms with Gasteiger partial charge in [-0.1, -0.05) is 38.3 Å². The van der Waals surface area contributed by atoms with Crippen LogP contribution in [0.15, 0.2) is 30.1 Å². The van der Waals surface area contributed by atoms with Crippen LogP contribution in [-0.2, 0) is 13.9 Å². The maximum absolute atomic E-state index is 12.5. The van der Waals surface area contributed by atoms with Crippen molar-refractivity contribution >= 4 is 18.6 Å². The fourth-order valence-corrected chi connectivity index (χ4v) is 3.16. The highest BCUT2D eigenvalue weighted by molar-refractivity contribution is 7.70. The molecule has 0 radical (unpaired) electrons. The van der Waals surface area contributed by atoms with Crippen LogP contribution in [0.1, 0.15) is 32.6 Å². The molecule has 0 aliphatic carbocycles. The van der Waals surface area contributed by atoms with E-state index in [2.05, 4.69) is 6.92 Å². The van der Waals surface area contributed by atoms with Gasteiger partial charge in [0.15, 0.2) is 0 Å². The van der Waals surface area contributed by atoms with Crippen molar-refractivity contribution in [1.29, 1.82) is 0 Å². The van der Waals surface area contributed by atoms with Crippen LogP contribution in [0.4, 0.5) is 0 Å². The van der Waals surface area contributed by atoms with E-state index in [0.717, 1.165) is 18.7 Å². The van der Waals surface area contributed by atoms with E-state index in [0.29, 0.717) is 17.7 Å². The van der Waals surface area contributed by atoms with Gasteiger partial charge in [0.05, 0.1) is 17.7 Å². The molecule has 1 aromatic rings.